The maximum absolute atomic E-state index is 5.94. The number of guanidine groups is 1. The first-order chi connectivity index (χ1) is 10.5. The van der Waals surface area contributed by atoms with Crippen LogP contribution in [0.1, 0.15) is 47.8 Å². The van der Waals surface area contributed by atoms with Crippen LogP contribution < -0.4 is 11.1 Å². The van der Waals surface area contributed by atoms with Gasteiger partial charge in [0.05, 0.1) is 12.2 Å². The average molecular weight is 444 g/mol. The highest BCUT2D eigenvalue weighted by Crippen LogP contribution is 2.24. The highest BCUT2D eigenvalue weighted by atomic mass is 127. The van der Waals surface area contributed by atoms with E-state index in [1.807, 2.05) is 12.1 Å². The second-order valence-corrected chi connectivity index (χ2v) is 6.87. The number of thiazole rings is 1. The standard InChI is InChI=1S/C17H24N4S.HI/c1-5-13-6-8-14(9-7-13)20-17(18)19-10-15-21-16(11(2)3)12(4)22-15;/h6-9,11H,5,10H2,1-4H3,(H3,18,19,20);1H. The number of nitrogens with zero attached hydrogens (tertiary/aromatic N) is 2. The summed E-state index contributed by atoms with van der Waals surface area (Å²) < 4.78 is 0. The summed E-state index contributed by atoms with van der Waals surface area (Å²) in [5, 5.41) is 4.12. The fraction of sp³-hybridized carbons (Fsp3) is 0.412. The predicted molar refractivity (Wildman–Crippen MR) is 111 cm³/mol. The fourth-order valence-electron chi connectivity index (χ4n) is 2.23. The Hall–Kier alpha value is -1.15. The van der Waals surface area contributed by atoms with Crippen LogP contribution >= 0.6 is 35.3 Å². The molecule has 2 rings (SSSR count). The molecule has 0 fully saturated rings. The third-order valence-corrected chi connectivity index (χ3v) is 4.41. The molecule has 0 atom stereocenters. The molecule has 0 aliphatic rings. The molecule has 126 valence electrons. The lowest BCUT2D eigenvalue weighted by atomic mass is 10.1. The van der Waals surface area contributed by atoms with Gasteiger partial charge in [-0.25, -0.2) is 9.98 Å². The maximum Gasteiger partial charge on any atom is 0.193 e. The number of nitrogens with one attached hydrogen (secondary N) is 1. The lowest BCUT2D eigenvalue weighted by molar-refractivity contribution is 0.814. The summed E-state index contributed by atoms with van der Waals surface area (Å²) in [6, 6.07) is 8.22. The van der Waals surface area contributed by atoms with Gasteiger partial charge < -0.3 is 11.1 Å². The van der Waals surface area contributed by atoms with Crippen molar-refractivity contribution in [3.8, 4) is 0 Å². The molecule has 0 unspecified atom stereocenters. The Morgan fingerprint density at radius 2 is 1.96 bits per heavy atom. The third-order valence-electron chi connectivity index (χ3n) is 3.44. The largest absolute Gasteiger partial charge is 0.370 e. The van der Waals surface area contributed by atoms with Gasteiger partial charge in [0.25, 0.3) is 0 Å². The molecule has 0 amide bonds. The van der Waals surface area contributed by atoms with Crippen molar-refractivity contribution in [2.75, 3.05) is 5.32 Å². The second kappa shape index (κ2) is 9.22. The number of aryl methyl sites for hydroxylation is 2. The third kappa shape index (κ3) is 5.76. The van der Waals surface area contributed by atoms with Crippen LogP contribution in [0.25, 0.3) is 0 Å². The number of aromatic nitrogens is 1. The van der Waals surface area contributed by atoms with Crippen molar-refractivity contribution in [3.05, 3.63) is 45.4 Å². The molecule has 2 aromatic rings. The number of halogens is 1. The van der Waals surface area contributed by atoms with Crippen molar-refractivity contribution >= 4 is 47.0 Å². The molecule has 0 spiro atoms. The lowest BCUT2D eigenvalue weighted by Crippen LogP contribution is -2.22. The van der Waals surface area contributed by atoms with Gasteiger partial charge in [-0.2, -0.15) is 0 Å². The monoisotopic (exact) mass is 444 g/mol. The van der Waals surface area contributed by atoms with E-state index in [1.165, 1.54) is 10.4 Å². The molecule has 0 aliphatic heterocycles. The zero-order valence-corrected chi connectivity index (χ0v) is 17.2. The SMILES string of the molecule is CCc1ccc(NC(N)=NCc2nc(C(C)C)c(C)s2)cc1.I. The van der Waals surface area contributed by atoms with Gasteiger partial charge in [0.2, 0.25) is 0 Å². The van der Waals surface area contributed by atoms with Crippen molar-refractivity contribution in [1.82, 2.24) is 4.98 Å². The molecular weight excluding hydrogens is 419 g/mol. The summed E-state index contributed by atoms with van der Waals surface area (Å²) in [5.41, 5.74) is 9.37. The zero-order chi connectivity index (χ0) is 16.1. The molecule has 0 saturated heterocycles. The number of benzene rings is 1. The number of hydrogen-bond acceptors (Lipinski definition) is 3. The van der Waals surface area contributed by atoms with Crippen LogP contribution in [0, 0.1) is 6.92 Å². The van der Waals surface area contributed by atoms with Crippen LogP contribution in [0.4, 0.5) is 5.69 Å². The smallest absolute Gasteiger partial charge is 0.193 e. The first-order valence-electron chi connectivity index (χ1n) is 7.61. The Morgan fingerprint density at radius 3 is 2.48 bits per heavy atom. The summed E-state index contributed by atoms with van der Waals surface area (Å²) >= 11 is 1.69. The minimum absolute atomic E-state index is 0. The van der Waals surface area contributed by atoms with E-state index in [9.17, 15) is 0 Å². The van der Waals surface area contributed by atoms with E-state index in [2.05, 4.69) is 55.1 Å². The molecule has 1 heterocycles. The average Bonchev–Trinajstić information content (AvgIpc) is 2.87. The molecule has 1 aromatic carbocycles. The minimum Gasteiger partial charge on any atom is -0.370 e. The topological polar surface area (TPSA) is 63.3 Å². The molecule has 0 saturated carbocycles. The van der Waals surface area contributed by atoms with E-state index in [0.29, 0.717) is 18.4 Å². The Labute approximate surface area is 159 Å². The van der Waals surface area contributed by atoms with Crippen LogP contribution in [0.15, 0.2) is 29.3 Å². The van der Waals surface area contributed by atoms with Crippen molar-refractivity contribution in [2.45, 2.75) is 46.6 Å². The first-order valence-corrected chi connectivity index (χ1v) is 8.43. The second-order valence-electron chi connectivity index (χ2n) is 5.58. The highest BCUT2D eigenvalue weighted by Gasteiger charge is 2.10. The van der Waals surface area contributed by atoms with E-state index >= 15 is 0 Å². The van der Waals surface area contributed by atoms with E-state index in [0.717, 1.165) is 22.8 Å². The molecule has 0 aliphatic carbocycles. The van der Waals surface area contributed by atoms with Crippen LogP contribution in [0.5, 0.6) is 0 Å². The molecular formula is C17H25IN4S. The maximum atomic E-state index is 5.94. The van der Waals surface area contributed by atoms with E-state index in [1.54, 1.807) is 11.3 Å². The van der Waals surface area contributed by atoms with Crippen LogP contribution in [0.3, 0.4) is 0 Å². The normalized spacial score (nSPS) is 11.4. The van der Waals surface area contributed by atoms with E-state index < -0.39 is 0 Å². The number of rotatable bonds is 5. The quantitative estimate of drug-likeness (QED) is 0.400. The number of anilines is 1. The van der Waals surface area contributed by atoms with Gasteiger partial charge in [-0.05, 0) is 37.0 Å². The predicted octanol–water partition coefficient (Wildman–Crippen LogP) is 4.68. The van der Waals surface area contributed by atoms with Gasteiger partial charge in [0, 0.05) is 10.6 Å². The summed E-state index contributed by atoms with van der Waals surface area (Å²) in [7, 11) is 0. The van der Waals surface area contributed by atoms with Gasteiger partial charge in [-0.3, -0.25) is 0 Å². The molecule has 0 bridgehead atoms. The van der Waals surface area contributed by atoms with Crippen molar-refractivity contribution in [2.24, 2.45) is 10.7 Å². The summed E-state index contributed by atoms with van der Waals surface area (Å²) in [4.78, 5) is 10.3. The van der Waals surface area contributed by atoms with Crippen molar-refractivity contribution in [3.63, 3.8) is 0 Å². The molecule has 1 aromatic heterocycles. The minimum atomic E-state index is 0. The van der Waals surface area contributed by atoms with Gasteiger partial charge in [0.15, 0.2) is 5.96 Å². The Morgan fingerprint density at radius 1 is 1.30 bits per heavy atom. The highest BCUT2D eigenvalue weighted by molar-refractivity contribution is 14.0. The van der Waals surface area contributed by atoms with Crippen molar-refractivity contribution < 1.29 is 0 Å². The van der Waals surface area contributed by atoms with E-state index in [-0.39, 0.29) is 24.0 Å². The van der Waals surface area contributed by atoms with Crippen LogP contribution in [0.2, 0.25) is 0 Å². The molecule has 3 N–H and O–H groups in total. The summed E-state index contributed by atoms with van der Waals surface area (Å²) in [6.07, 6.45) is 1.03. The number of hydrogen-bond donors (Lipinski definition) is 2. The Balaban J connectivity index is 0.00000264. The number of nitrogens with two attached hydrogens (primary N) is 1. The van der Waals surface area contributed by atoms with E-state index in [4.69, 9.17) is 5.73 Å². The molecule has 23 heavy (non-hydrogen) atoms. The van der Waals surface area contributed by atoms with Crippen LogP contribution in [-0.2, 0) is 13.0 Å². The number of aliphatic imine (C=N–C) groups is 1. The zero-order valence-electron chi connectivity index (χ0n) is 14.1. The van der Waals surface area contributed by atoms with Crippen LogP contribution in [-0.4, -0.2) is 10.9 Å². The van der Waals surface area contributed by atoms with Gasteiger partial charge >= 0.3 is 0 Å². The van der Waals surface area contributed by atoms with Gasteiger partial charge in [-0.15, -0.1) is 35.3 Å². The fourth-order valence-corrected chi connectivity index (χ4v) is 3.24. The lowest BCUT2D eigenvalue weighted by Gasteiger charge is -2.06. The molecule has 6 heteroatoms. The van der Waals surface area contributed by atoms with Crippen molar-refractivity contribution in [1.29, 1.82) is 0 Å². The summed E-state index contributed by atoms with van der Waals surface area (Å²) in [5.74, 6) is 0.865. The van der Waals surface area contributed by atoms with Gasteiger partial charge in [-0.1, -0.05) is 32.9 Å². The molecule has 0 radical (unpaired) electrons. The molecule has 4 nitrogen and oxygen atoms in total. The Bertz CT molecular complexity index is 647. The first kappa shape index (κ1) is 19.9. The Kier molecular flexibility index (Phi) is 7.98. The van der Waals surface area contributed by atoms with Gasteiger partial charge in [0.1, 0.15) is 5.01 Å². The summed E-state index contributed by atoms with van der Waals surface area (Å²) in [6.45, 7) is 9.08.